The third-order valence-electron chi connectivity index (χ3n) is 5.25. The first-order chi connectivity index (χ1) is 13.4. The van der Waals surface area contributed by atoms with Crippen molar-refractivity contribution in [3.63, 3.8) is 0 Å². The van der Waals surface area contributed by atoms with Gasteiger partial charge in [0.2, 0.25) is 11.8 Å². The second-order valence-corrected chi connectivity index (χ2v) is 7.58. The number of hydrogen-bond acceptors (Lipinski definition) is 5. The molecule has 28 heavy (non-hydrogen) atoms. The van der Waals surface area contributed by atoms with E-state index in [9.17, 15) is 9.18 Å². The predicted molar refractivity (Wildman–Crippen MR) is 108 cm³/mol. The molecule has 1 saturated heterocycles. The highest BCUT2D eigenvalue weighted by atomic mass is 19.1. The fourth-order valence-corrected chi connectivity index (χ4v) is 3.47. The third kappa shape index (κ3) is 4.35. The van der Waals surface area contributed by atoms with E-state index >= 15 is 0 Å². The van der Waals surface area contributed by atoms with Gasteiger partial charge >= 0.3 is 0 Å². The number of halogens is 1. The zero-order valence-electron chi connectivity index (χ0n) is 17.1. The maximum Gasteiger partial charge on any atom is 0.232 e. The number of amides is 1. The molecule has 7 heteroatoms. The van der Waals surface area contributed by atoms with E-state index in [4.69, 9.17) is 4.52 Å². The van der Waals surface area contributed by atoms with Crippen LogP contribution in [0.15, 0.2) is 28.8 Å². The smallest absolute Gasteiger partial charge is 0.232 e. The van der Waals surface area contributed by atoms with Gasteiger partial charge in [0.25, 0.3) is 0 Å². The van der Waals surface area contributed by atoms with Gasteiger partial charge in [-0.05, 0) is 45.2 Å². The van der Waals surface area contributed by atoms with Gasteiger partial charge in [-0.15, -0.1) is 0 Å². The van der Waals surface area contributed by atoms with Gasteiger partial charge in [-0.25, -0.2) is 4.39 Å². The number of nitrogens with zero attached hydrogens (tertiary/aromatic N) is 4. The Bertz CT molecular complexity index is 795. The van der Waals surface area contributed by atoms with E-state index < -0.39 is 0 Å². The van der Waals surface area contributed by atoms with Crippen LogP contribution in [0.3, 0.4) is 0 Å². The Labute approximate surface area is 165 Å². The van der Waals surface area contributed by atoms with Crippen molar-refractivity contribution in [2.24, 2.45) is 0 Å². The number of rotatable bonds is 6. The zero-order valence-corrected chi connectivity index (χ0v) is 17.1. The summed E-state index contributed by atoms with van der Waals surface area (Å²) in [6, 6.07) is 6.29. The van der Waals surface area contributed by atoms with Crippen molar-refractivity contribution >= 4 is 11.8 Å². The molecule has 0 aliphatic carbocycles. The summed E-state index contributed by atoms with van der Waals surface area (Å²) in [7, 11) is 2.10. The minimum Gasteiger partial charge on any atom is -0.338 e. The lowest BCUT2D eigenvalue weighted by atomic mass is 10.1. The molecule has 0 spiro atoms. The molecule has 2 heterocycles. The van der Waals surface area contributed by atoms with Gasteiger partial charge in [0.05, 0.1) is 12.1 Å². The number of benzene rings is 1. The van der Waals surface area contributed by atoms with Crippen LogP contribution in [0.4, 0.5) is 10.3 Å². The fourth-order valence-electron chi connectivity index (χ4n) is 3.47. The summed E-state index contributed by atoms with van der Waals surface area (Å²) in [4.78, 5) is 18.8. The van der Waals surface area contributed by atoms with Crippen LogP contribution in [0.25, 0.3) is 11.3 Å². The summed E-state index contributed by atoms with van der Waals surface area (Å²) in [6.45, 7) is 9.86. The lowest BCUT2D eigenvalue weighted by Crippen LogP contribution is -2.45. The van der Waals surface area contributed by atoms with E-state index in [1.807, 2.05) is 25.7 Å². The Hall–Kier alpha value is -2.41. The quantitative estimate of drug-likeness (QED) is 0.759. The van der Waals surface area contributed by atoms with E-state index in [2.05, 4.69) is 22.0 Å². The molecule has 1 aromatic heterocycles. The van der Waals surface area contributed by atoms with Crippen molar-refractivity contribution in [3.8, 4) is 11.3 Å². The van der Waals surface area contributed by atoms with Gasteiger partial charge in [-0.2, -0.15) is 0 Å². The van der Waals surface area contributed by atoms with Crippen molar-refractivity contribution < 1.29 is 13.7 Å². The van der Waals surface area contributed by atoms with Gasteiger partial charge in [0.1, 0.15) is 11.5 Å². The zero-order chi connectivity index (χ0) is 20.3. The molecule has 0 N–H and O–H groups in total. The average Bonchev–Trinajstić information content (AvgIpc) is 3.10. The number of likely N-dealkylation sites (N-methyl/N-ethyl adjacent to an activating group) is 1. The molecule has 0 saturated carbocycles. The molecule has 1 aliphatic heterocycles. The lowest BCUT2D eigenvalue weighted by molar-refractivity contribution is -0.133. The monoisotopic (exact) mass is 388 g/mol. The van der Waals surface area contributed by atoms with E-state index in [0.717, 1.165) is 37.3 Å². The van der Waals surface area contributed by atoms with Gasteiger partial charge in [0.15, 0.2) is 0 Å². The summed E-state index contributed by atoms with van der Waals surface area (Å²) in [5, 5.41) is 4.32. The maximum atomic E-state index is 13.4. The Kier molecular flexibility index (Phi) is 6.34. The second kappa shape index (κ2) is 8.73. The van der Waals surface area contributed by atoms with E-state index in [1.54, 1.807) is 12.1 Å². The van der Waals surface area contributed by atoms with Gasteiger partial charge in [-0.3, -0.25) is 4.79 Å². The molecule has 2 aromatic rings. The second-order valence-electron chi connectivity index (χ2n) is 7.58. The van der Waals surface area contributed by atoms with Crippen molar-refractivity contribution in [1.82, 2.24) is 15.0 Å². The normalized spacial score (nSPS) is 15.3. The highest BCUT2D eigenvalue weighted by molar-refractivity contribution is 5.77. The molecule has 1 aliphatic rings. The number of carbonyl (C=O) groups is 1. The largest absolute Gasteiger partial charge is 0.338 e. The van der Waals surface area contributed by atoms with Crippen LogP contribution >= 0.6 is 0 Å². The SMILES string of the molecule is CCC(=O)N(Cc1c(-c2ccc(F)cc2)noc1N1CCN(C)CC1)C(C)C. The first kappa shape index (κ1) is 20.3. The van der Waals surface area contributed by atoms with E-state index in [1.165, 1.54) is 12.1 Å². The van der Waals surface area contributed by atoms with Crippen LogP contribution in [0, 0.1) is 5.82 Å². The Morgan fingerprint density at radius 2 is 1.86 bits per heavy atom. The van der Waals surface area contributed by atoms with Crippen molar-refractivity contribution in [2.75, 3.05) is 38.1 Å². The minimum atomic E-state index is -0.293. The summed E-state index contributed by atoms with van der Waals surface area (Å²) < 4.78 is 19.2. The first-order valence-electron chi connectivity index (χ1n) is 9.88. The molecule has 0 unspecified atom stereocenters. The molecule has 152 valence electrons. The van der Waals surface area contributed by atoms with Gasteiger partial charge in [-0.1, -0.05) is 12.1 Å². The summed E-state index contributed by atoms with van der Waals surface area (Å²) >= 11 is 0. The molecule has 1 fully saturated rings. The number of carbonyl (C=O) groups excluding carboxylic acids is 1. The van der Waals surface area contributed by atoms with E-state index in [-0.39, 0.29) is 17.8 Å². The average molecular weight is 388 g/mol. The van der Waals surface area contributed by atoms with Crippen molar-refractivity contribution in [1.29, 1.82) is 0 Å². The third-order valence-corrected chi connectivity index (χ3v) is 5.25. The van der Waals surface area contributed by atoms with Crippen LogP contribution in [-0.4, -0.2) is 60.1 Å². The van der Waals surface area contributed by atoms with Crippen molar-refractivity contribution in [3.05, 3.63) is 35.6 Å². The molecule has 0 atom stereocenters. The number of anilines is 1. The molecule has 1 amide bonds. The topological polar surface area (TPSA) is 52.8 Å². The summed E-state index contributed by atoms with van der Waals surface area (Å²) in [5.74, 6) is 0.505. The standard InChI is InChI=1S/C21H29FN4O2/c1-5-19(27)26(15(2)3)14-18-20(16-6-8-17(22)9-7-16)23-28-21(18)25-12-10-24(4)11-13-25/h6-9,15H,5,10-14H2,1-4H3. The van der Waals surface area contributed by atoms with Crippen LogP contribution in [0.5, 0.6) is 0 Å². The minimum absolute atomic E-state index is 0.0590. The molecule has 3 rings (SSSR count). The predicted octanol–water partition coefficient (Wildman–Crippen LogP) is 3.38. The van der Waals surface area contributed by atoms with Crippen LogP contribution < -0.4 is 4.90 Å². The van der Waals surface area contributed by atoms with Crippen molar-refractivity contribution in [2.45, 2.75) is 39.8 Å². The molecule has 0 bridgehead atoms. The lowest BCUT2D eigenvalue weighted by Gasteiger charge is -2.33. The Balaban J connectivity index is 2.00. The number of aromatic nitrogens is 1. The molecular weight excluding hydrogens is 359 g/mol. The number of piperazine rings is 1. The summed E-state index contributed by atoms with van der Waals surface area (Å²) in [6.07, 6.45) is 0.444. The fraction of sp³-hybridized carbons (Fsp3) is 0.524. The Morgan fingerprint density at radius 3 is 2.43 bits per heavy atom. The maximum absolute atomic E-state index is 13.4. The number of hydrogen-bond donors (Lipinski definition) is 0. The molecule has 0 radical (unpaired) electrons. The first-order valence-corrected chi connectivity index (χ1v) is 9.88. The highest BCUT2D eigenvalue weighted by Gasteiger charge is 2.28. The van der Waals surface area contributed by atoms with Crippen LogP contribution in [-0.2, 0) is 11.3 Å². The molecule has 1 aromatic carbocycles. The molecule has 6 nitrogen and oxygen atoms in total. The van der Waals surface area contributed by atoms with Crippen LogP contribution in [0.2, 0.25) is 0 Å². The summed E-state index contributed by atoms with van der Waals surface area (Å²) in [5.41, 5.74) is 2.34. The molecular formula is C21H29FN4O2. The van der Waals surface area contributed by atoms with Gasteiger partial charge < -0.3 is 19.2 Å². The Morgan fingerprint density at radius 1 is 1.21 bits per heavy atom. The van der Waals surface area contributed by atoms with E-state index in [0.29, 0.717) is 24.5 Å². The van der Waals surface area contributed by atoms with Crippen LogP contribution in [0.1, 0.15) is 32.8 Å². The van der Waals surface area contributed by atoms with Gasteiger partial charge in [0, 0.05) is 44.2 Å². The highest BCUT2D eigenvalue weighted by Crippen LogP contribution is 2.33.